The number of amides is 1. The van der Waals surface area contributed by atoms with Crippen molar-refractivity contribution in [3.63, 3.8) is 0 Å². The van der Waals surface area contributed by atoms with Crippen LogP contribution in [0.1, 0.15) is 22.3 Å². The highest BCUT2D eigenvalue weighted by Gasteiger charge is 2.24. The lowest BCUT2D eigenvalue weighted by molar-refractivity contribution is 0.100. The van der Waals surface area contributed by atoms with E-state index in [1.165, 1.54) is 24.5 Å². The van der Waals surface area contributed by atoms with Crippen LogP contribution in [0.15, 0.2) is 65.8 Å². The first-order valence-corrected chi connectivity index (χ1v) is 12.5. The molecule has 0 saturated heterocycles. The number of aryl methyl sites for hydroxylation is 1. The van der Waals surface area contributed by atoms with Crippen molar-refractivity contribution in [1.29, 1.82) is 0 Å². The number of nitrogens with two attached hydrogens (primary N) is 1. The second-order valence-electron chi connectivity index (χ2n) is 8.53. The zero-order valence-electron chi connectivity index (χ0n) is 19.9. The molecule has 2 aromatic carbocycles. The monoisotopic (exact) mass is 491 g/mol. The van der Waals surface area contributed by atoms with Crippen LogP contribution in [0.3, 0.4) is 0 Å². The van der Waals surface area contributed by atoms with Crippen LogP contribution in [0, 0.1) is 13.0 Å². The summed E-state index contributed by atoms with van der Waals surface area (Å²) in [6.45, 7) is 3.40. The number of carbonyl (C=O) groups is 1. The van der Waals surface area contributed by atoms with E-state index in [4.69, 9.17) is 10.5 Å². The van der Waals surface area contributed by atoms with E-state index in [9.17, 15) is 13.2 Å². The van der Waals surface area contributed by atoms with E-state index in [0.29, 0.717) is 23.5 Å². The Balaban J connectivity index is 1.69. The molecule has 0 aliphatic rings. The molecule has 1 radical (unpaired) electrons. The second kappa shape index (κ2) is 9.89. The lowest BCUT2D eigenvalue weighted by atomic mass is 9.99. The van der Waals surface area contributed by atoms with Crippen molar-refractivity contribution in [1.82, 2.24) is 13.9 Å². The van der Waals surface area contributed by atoms with Crippen molar-refractivity contribution < 1.29 is 17.9 Å². The van der Waals surface area contributed by atoms with Crippen LogP contribution < -0.4 is 10.5 Å². The molecule has 4 rings (SSSR count). The number of primary amides is 1. The number of carbonyl (C=O) groups excluding carboxylic acids is 1. The number of pyridine rings is 1. The van der Waals surface area contributed by atoms with Gasteiger partial charge in [-0.05, 0) is 57.3 Å². The number of nitrogens with zero attached hydrogens (tertiary/aromatic N) is 3. The molecule has 0 fully saturated rings. The van der Waals surface area contributed by atoms with Crippen molar-refractivity contribution in [2.24, 2.45) is 5.73 Å². The molecular weight excluding hydrogens is 464 g/mol. The zero-order chi connectivity index (χ0) is 25.2. The van der Waals surface area contributed by atoms with Gasteiger partial charge in [0.25, 0.3) is 10.0 Å². The maximum absolute atomic E-state index is 13.2. The average molecular weight is 492 g/mol. The first kappa shape index (κ1) is 24.4. The predicted octanol–water partition coefficient (Wildman–Crippen LogP) is 3.48. The summed E-state index contributed by atoms with van der Waals surface area (Å²) in [5.41, 5.74) is 8.11. The lowest BCUT2D eigenvalue weighted by Gasteiger charge is -2.12. The van der Waals surface area contributed by atoms with Gasteiger partial charge in [0.15, 0.2) is 5.65 Å². The molecule has 0 aliphatic heterocycles. The normalized spacial score (nSPS) is 11.8. The molecule has 0 unspecified atom stereocenters. The summed E-state index contributed by atoms with van der Waals surface area (Å²) < 4.78 is 33.2. The van der Waals surface area contributed by atoms with E-state index in [1.54, 1.807) is 12.1 Å². The molecule has 0 spiro atoms. The summed E-state index contributed by atoms with van der Waals surface area (Å²) in [6, 6.07) is 16.7. The Morgan fingerprint density at radius 3 is 2.43 bits per heavy atom. The van der Waals surface area contributed by atoms with Crippen LogP contribution >= 0.6 is 0 Å². The van der Waals surface area contributed by atoms with E-state index < -0.39 is 15.9 Å². The first-order valence-electron chi connectivity index (χ1n) is 11.1. The highest BCUT2D eigenvalue weighted by Crippen LogP contribution is 2.31. The molecule has 0 atom stereocenters. The number of ether oxygens (including phenoxy) is 1. The summed E-state index contributed by atoms with van der Waals surface area (Å²) >= 11 is 0. The van der Waals surface area contributed by atoms with E-state index in [0.717, 1.165) is 22.5 Å². The molecule has 2 aromatic heterocycles. The van der Waals surface area contributed by atoms with Crippen molar-refractivity contribution in [3.05, 3.63) is 78.1 Å². The molecule has 0 saturated carbocycles. The van der Waals surface area contributed by atoms with Crippen molar-refractivity contribution in [2.75, 3.05) is 27.2 Å². The van der Waals surface area contributed by atoms with Crippen LogP contribution in [0.5, 0.6) is 5.75 Å². The molecule has 0 bridgehead atoms. The number of hydrogen-bond donors (Lipinski definition) is 1. The van der Waals surface area contributed by atoms with Gasteiger partial charge < -0.3 is 15.4 Å². The third kappa shape index (κ3) is 5.06. The molecule has 8 nitrogen and oxygen atoms in total. The van der Waals surface area contributed by atoms with Crippen LogP contribution in [-0.2, 0) is 10.0 Å². The second-order valence-corrected chi connectivity index (χ2v) is 10.3. The van der Waals surface area contributed by atoms with Gasteiger partial charge in [0.2, 0.25) is 5.91 Å². The number of aromatic nitrogens is 2. The minimum atomic E-state index is -3.93. The lowest BCUT2D eigenvalue weighted by Crippen LogP contribution is -2.15. The smallest absolute Gasteiger partial charge is 0.269 e. The molecule has 2 N–H and O–H groups in total. The fourth-order valence-electron chi connectivity index (χ4n) is 3.77. The van der Waals surface area contributed by atoms with Gasteiger partial charge in [0.05, 0.1) is 17.1 Å². The van der Waals surface area contributed by atoms with Gasteiger partial charge in [-0.1, -0.05) is 29.8 Å². The summed E-state index contributed by atoms with van der Waals surface area (Å²) in [4.78, 5) is 19.0. The predicted molar refractivity (Wildman–Crippen MR) is 135 cm³/mol. The SMILES string of the molecule is Cc1ccc(S(=O)(=O)n2c[c]c3c(C(N)=O)c(-c4ccc(OCCCN(C)C)cc4)cnc32)cc1. The first-order chi connectivity index (χ1) is 16.7. The van der Waals surface area contributed by atoms with E-state index in [-0.39, 0.29) is 21.5 Å². The van der Waals surface area contributed by atoms with Crippen LogP contribution in [0.2, 0.25) is 0 Å². The summed E-state index contributed by atoms with van der Waals surface area (Å²) in [5.74, 6) is 0.0159. The summed E-state index contributed by atoms with van der Waals surface area (Å²) in [5, 5.41) is 0.245. The molecule has 35 heavy (non-hydrogen) atoms. The van der Waals surface area contributed by atoms with Crippen molar-refractivity contribution in [2.45, 2.75) is 18.2 Å². The molecule has 2 heterocycles. The molecule has 4 aromatic rings. The number of hydrogen-bond acceptors (Lipinski definition) is 6. The van der Waals surface area contributed by atoms with Crippen molar-refractivity contribution >= 4 is 27.0 Å². The van der Waals surface area contributed by atoms with Crippen LogP contribution in [0.4, 0.5) is 0 Å². The quantitative estimate of drug-likeness (QED) is 0.359. The van der Waals surface area contributed by atoms with Gasteiger partial charge in [0.1, 0.15) is 5.75 Å². The van der Waals surface area contributed by atoms with Gasteiger partial charge >= 0.3 is 0 Å². The van der Waals surface area contributed by atoms with Gasteiger partial charge in [0, 0.05) is 36.0 Å². The van der Waals surface area contributed by atoms with E-state index >= 15 is 0 Å². The maximum atomic E-state index is 13.2. The van der Waals surface area contributed by atoms with Gasteiger partial charge in [-0.15, -0.1) is 0 Å². The Morgan fingerprint density at radius 2 is 1.80 bits per heavy atom. The van der Waals surface area contributed by atoms with Gasteiger partial charge in [-0.3, -0.25) is 4.79 Å². The van der Waals surface area contributed by atoms with Crippen molar-refractivity contribution in [3.8, 4) is 16.9 Å². The molecular formula is C26H27N4O4S. The highest BCUT2D eigenvalue weighted by atomic mass is 32.2. The molecule has 9 heteroatoms. The number of benzene rings is 2. The topological polar surface area (TPSA) is 108 Å². The Morgan fingerprint density at radius 1 is 1.11 bits per heavy atom. The van der Waals surface area contributed by atoms with Gasteiger partial charge in [-0.25, -0.2) is 17.4 Å². The minimum Gasteiger partial charge on any atom is -0.494 e. The Hall–Kier alpha value is -3.69. The number of rotatable bonds is 9. The fraction of sp³-hybridized carbons (Fsp3) is 0.231. The van der Waals surface area contributed by atoms with E-state index in [2.05, 4.69) is 16.0 Å². The van der Waals surface area contributed by atoms with Crippen LogP contribution in [-0.4, -0.2) is 55.4 Å². The zero-order valence-corrected chi connectivity index (χ0v) is 20.7. The minimum absolute atomic E-state index is 0.0870. The van der Waals surface area contributed by atoms with E-state index in [1.807, 2.05) is 45.3 Å². The Bertz CT molecular complexity index is 1460. The van der Waals surface area contributed by atoms with Gasteiger partial charge in [-0.2, -0.15) is 0 Å². The summed E-state index contributed by atoms with van der Waals surface area (Å²) in [7, 11) is 0.0969. The standard InChI is InChI=1S/C26H27N4O4S/c1-18-5-11-21(12-6-18)35(32,33)30-15-13-22-24(25(27)31)23(17-28-26(22)30)19-7-9-20(10-8-19)34-16-4-14-29(2)3/h5-12,15,17H,4,14,16H2,1-3H3,(H2,27,31). The number of fused-ring (bicyclic) bond motifs is 1. The summed E-state index contributed by atoms with van der Waals surface area (Å²) in [6.07, 6.45) is 3.64. The third-order valence-corrected chi connectivity index (χ3v) is 7.27. The molecule has 1 amide bonds. The third-order valence-electron chi connectivity index (χ3n) is 5.60. The fourth-order valence-corrected chi connectivity index (χ4v) is 5.04. The maximum Gasteiger partial charge on any atom is 0.269 e. The molecule has 0 aliphatic carbocycles. The Kier molecular flexibility index (Phi) is 6.90. The largest absolute Gasteiger partial charge is 0.494 e. The molecule has 181 valence electrons. The Labute approximate surface area is 205 Å². The highest BCUT2D eigenvalue weighted by molar-refractivity contribution is 7.90. The van der Waals surface area contributed by atoms with Crippen LogP contribution in [0.25, 0.3) is 22.2 Å². The average Bonchev–Trinajstić information content (AvgIpc) is 3.26.